The molecule has 0 radical (unpaired) electrons. The van der Waals surface area contributed by atoms with Gasteiger partial charge in [0.05, 0.1) is 23.1 Å². The van der Waals surface area contributed by atoms with Gasteiger partial charge >= 0.3 is 0 Å². The molecule has 1 aromatic carbocycles. The quantitative estimate of drug-likeness (QED) is 0.761. The van der Waals surface area contributed by atoms with Crippen molar-refractivity contribution in [1.82, 2.24) is 0 Å². The van der Waals surface area contributed by atoms with E-state index >= 15 is 0 Å². The van der Waals surface area contributed by atoms with Crippen molar-refractivity contribution in [3.05, 3.63) is 33.8 Å². The van der Waals surface area contributed by atoms with Crippen molar-refractivity contribution in [2.75, 3.05) is 11.9 Å². The molecule has 0 amide bonds. The smallest absolute Gasteiger partial charge is 0.206 e. The summed E-state index contributed by atoms with van der Waals surface area (Å²) in [7, 11) is 0. The number of hydrogen-bond donors (Lipinski definition) is 0. The Morgan fingerprint density at radius 2 is 2.24 bits per heavy atom. The van der Waals surface area contributed by atoms with Crippen molar-refractivity contribution in [1.29, 1.82) is 0 Å². The fourth-order valence-electron chi connectivity index (χ4n) is 1.85. The number of hydrogen-bond acceptors (Lipinski definition) is 2. The number of benzene rings is 1. The van der Waals surface area contributed by atoms with Crippen LogP contribution < -0.4 is 0 Å². The lowest BCUT2D eigenvalue weighted by Crippen LogP contribution is -2.30. The Bertz CT molecular complexity index is 413. The van der Waals surface area contributed by atoms with Gasteiger partial charge in [-0.1, -0.05) is 52.1 Å². The summed E-state index contributed by atoms with van der Waals surface area (Å²) in [6.45, 7) is 2.66. The lowest BCUT2D eigenvalue weighted by molar-refractivity contribution is -0.156. The van der Waals surface area contributed by atoms with Gasteiger partial charge in [-0.25, -0.2) is 0 Å². The Morgan fingerprint density at radius 1 is 1.47 bits per heavy atom. The fraction of sp³-hybridized carbons (Fsp3) is 0.500. The molecule has 17 heavy (non-hydrogen) atoms. The van der Waals surface area contributed by atoms with Crippen LogP contribution in [0.2, 0.25) is 10.0 Å². The Labute approximate surface area is 119 Å². The van der Waals surface area contributed by atoms with Gasteiger partial charge in [0.2, 0.25) is 5.79 Å². The van der Waals surface area contributed by atoms with Gasteiger partial charge in [0.25, 0.3) is 0 Å². The van der Waals surface area contributed by atoms with Crippen LogP contribution in [0.15, 0.2) is 18.2 Å². The molecule has 5 heteroatoms. The van der Waals surface area contributed by atoms with Crippen LogP contribution in [-0.2, 0) is 15.3 Å². The normalized spacial score (nSPS) is 28.6. The second-order valence-electron chi connectivity index (χ2n) is 3.97. The van der Waals surface area contributed by atoms with Crippen LogP contribution in [0, 0.1) is 0 Å². The summed E-state index contributed by atoms with van der Waals surface area (Å²) in [6, 6.07) is 5.35. The zero-order chi connectivity index (χ0) is 12.5. The van der Waals surface area contributed by atoms with Crippen molar-refractivity contribution in [3.8, 4) is 0 Å². The average Bonchev–Trinajstić information content (AvgIpc) is 2.74. The third-order valence-electron chi connectivity index (χ3n) is 2.83. The topological polar surface area (TPSA) is 18.5 Å². The van der Waals surface area contributed by atoms with E-state index in [0.717, 1.165) is 12.0 Å². The first-order chi connectivity index (χ1) is 8.11. The molecule has 2 atom stereocenters. The van der Waals surface area contributed by atoms with E-state index in [4.69, 9.17) is 32.7 Å². The molecule has 1 heterocycles. The van der Waals surface area contributed by atoms with E-state index in [1.165, 1.54) is 0 Å². The first kappa shape index (κ1) is 13.6. The van der Waals surface area contributed by atoms with Crippen LogP contribution >= 0.6 is 39.1 Å². The van der Waals surface area contributed by atoms with Gasteiger partial charge < -0.3 is 9.47 Å². The standard InChI is InChI=1S/C12H13BrCl2O2/c1-2-9-6-16-12(7-13,17-9)10-4-3-8(14)5-11(10)15/h3-5,9H,2,6-7H2,1H3/t9-,12+/m1/s1. The average molecular weight is 340 g/mol. The summed E-state index contributed by atoms with van der Waals surface area (Å²) in [5.74, 6) is -0.789. The number of halogens is 3. The van der Waals surface area contributed by atoms with Gasteiger partial charge in [0.15, 0.2) is 0 Å². The zero-order valence-corrected chi connectivity index (χ0v) is 12.5. The molecular weight excluding hydrogens is 327 g/mol. The predicted octanol–water partition coefficient (Wildman–Crippen LogP) is 4.37. The van der Waals surface area contributed by atoms with Crippen LogP contribution in [0.5, 0.6) is 0 Å². The molecule has 0 bridgehead atoms. The highest BCUT2D eigenvalue weighted by atomic mass is 79.9. The number of alkyl halides is 1. The van der Waals surface area contributed by atoms with Crippen LogP contribution in [-0.4, -0.2) is 18.0 Å². The first-order valence-electron chi connectivity index (χ1n) is 5.44. The van der Waals surface area contributed by atoms with E-state index < -0.39 is 5.79 Å². The molecule has 1 aliphatic rings. The Hall–Kier alpha value is 0.200. The molecule has 1 saturated heterocycles. The molecule has 0 saturated carbocycles. The highest BCUT2D eigenvalue weighted by Crippen LogP contribution is 2.40. The highest BCUT2D eigenvalue weighted by molar-refractivity contribution is 9.09. The molecule has 1 fully saturated rings. The van der Waals surface area contributed by atoms with E-state index in [0.29, 0.717) is 22.0 Å². The minimum Gasteiger partial charge on any atom is -0.342 e. The maximum absolute atomic E-state index is 6.20. The molecule has 2 nitrogen and oxygen atoms in total. The molecule has 1 aliphatic heterocycles. The number of ether oxygens (including phenoxy) is 2. The van der Waals surface area contributed by atoms with E-state index in [2.05, 4.69) is 22.9 Å². The van der Waals surface area contributed by atoms with Crippen molar-refractivity contribution in [2.24, 2.45) is 0 Å². The summed E-state index contributed by atoms with van der Waals surface area (Å²) >= 11 is 15.5. The lowest BCUT2D eigenvalue weighted by atomic mass is 10.1. The largest absolute Gasteiger partial charge is 0.342 e. The predicted molar refractivity (Wildman–Crippen MR) is 73.1 cm³/mol. The molecular formula is C12H13BrCl2O2. The fourth-order valence-corrected chi connectivity index (χ4v) is 3.00. The Morgan fingerprint density at radius 3 is 2.76 bits per heavy atom. The third-order valence-corrected chi connectivity index (χ3v) is 4.12. The molecule has 1 aromatic rings. The summed E-state index contributed by atoms with van der Waals surface area (Å²) in [5.41, 5.74) is 0.816. The van der Waals surface area contributed by atoms with Gasteiger partial charge in [0, 0.05) is 10.6 Å². The van der Waals surface area contributed by atoms with Gasteiger partial charge in [-0.3, -0.25) is 0 Å². The highest BCUT2D eigenvalue weighted by Gasteiger charge is 2.43. The second-order valence-corrected chi connectivity index (χ2v) is 5.37. The monoisotopic (exact) mass is 338 g/mol. The molecule has 0 aliphatic carbocycles. The zero-order valence-electron chi connectivity index (χ0n) is 9.38. The Kier molecular flexibility index (Phi) is 4.37. The second kappa shape index (κ2) is 5.45. The maximum Gasteiger partial charge on any atom is 0.206 e. The van der Waals surface area contributed by atoms with Crippen LogP contribution in [0.25, 0.3) is 0 Å². The molecule has 0 aromatic heterocycles. The Balaban J connectivity index is 2.35. The molecule has 0 spiro atoms. The van der Waals surface area contributed by atoms with E-state index in [-0.39, 0.29) is 6.10 Å². The molecule has 0 unspecified atom stereocenters. The van der Waals surface area contributed by atoms with Crippen LogP contribution in [0.4, 0.5) is 0 Å². The van der Waals surface area contributed by atoms with Crippen molar-refractivity contribution in [2.45, 2.75) is 25.2 Å². The summed E-state index contributed by atoms with van der Waals surface area (Å²) in [5, 5.41) is 1.71. The minimum absolute atomic E-state index is 0.110. The third kappa shape index (κ3) is 2.64. The lowest BCUT2D eigenvalue weighted by Gasteiger charge is -2.27. The van der Waals surface area contributed by atoms with Gasteiger partial charge in [-0.05, 0) is 18.6 Å². The minimum atomic E-state index is -0.789. The van der Waals surface area contributed by atoms with E-state index in [1.54, 1.807) is 12.1 Å². The van der Waals surface area contributed by atoms with Crippen molar-refractivity contribution in [3.63, 3.8) is 0 Å². The van der Waals surface area contributed by atoms with Crippen LogP contribution in [0.3, 0.4) is 0 Å². The molecule has 0 N–H and O–H groups in total. The van der Waals surface area contributed by atoms with Gasteiger partial charge in [-0.2, -0.15) is 0 Å². The van der Waals surface area contributed by atoms with Crippen LogP contribution in [0.1, 0.15) is 18.9 Å². The van der Waals surface area contributed by atoms with E-state index in [1.807, 2.05) is 6.07 Å². The first-order valence-corrected chi connectivity index (χ1v) is 7.32. The van der Waals surface area contributed by atoms with Crippen molar-refractivity contribution < 1.29 is 9.47 Å². The van der Waals surface area contributed by atoms with E-state index in [9.17, 15) is 0 Å². The van der Waals surface area contributed by atoms with Gasteiger partial charge in [0.1, 0.15) is 0 Å². The summed E-state index contributed by atoms with van der Waals surface area (Å²) in [6.07, 6.45) is 1.03. The summed E-state index contributed by atoms with van der Waals surface area (Å²) in [4.78, 5) is 0. The molecule has 2 rings (SSSR count). The maximum atomic E-state index is 6.20. The SMILES string of the molecule is CC[C@@H]1CO[C@](CBr)(c2ccc(Cl)cc2Cl)O1. The number of rotatable bonds is 3. The van der Waals surface area contributed by atoms with Gasteiger partial charge in [-0.15, -0.1) is 0 Å². The van der Waals surface area contributed by atoms with Crippen molar-refractivity contribution >= 4 is 39.1 Å². The molecule has 94 valence electrons. The summed E-state index contributed by atoms with van der Waals surface area (Å²) < 4.78 is 11.8.